The number of alkyl halides is 3. The molecule has 0 aliphatic heterocycles. The Morgan fingerprint density at radius 1 is 1.29 bits per heavy atom. The molecule has 0 heterocycles. The van der Waals surface area contributed by atoms with Gasteiger partial charge in [-0.3, -0.25) is 0 Å². The predicted molar refractivity (Wildman–Crippen MR) is 60.7 cm³/mol. The van der Waals surface area contributed by atoms with Crippen LogP contribution < -0.4 is 5.73 Å². The zero-order valence-electron chi connectivity index (χ0n) is 8.65. The second-order valence-electron chi connectivity index (χ2n) is 3.54. The van der Waals surface area contributed by atoms with Crippen LogP contribution in [-0.2, 0) is 6.18 Å². The number of hydrogen-bond donors (Lipinski definition) is 4. The maximum absolute atomic E-state index is 12.7. The van der Waals surface area contributed by atoms with Crippen molar-refractivity contribution in [3.05, 3.63) is 29.3 Å². The molecule has 0 amide bonds. The van der Waals surface area contributed by atoms with Gasteiger partial charge in [0, 0.05) is 11.4 Å². The topological polar surface area (TPSA) is 66.5 Å². The van der Waals surface area contributed by atoms with E-state index < -0.39 is 29.5 Å². The van der Waals surface area contributed by atoms with Crippen LogP contribution in [0.1, 0.15) is 17.2 Å². The molecule has 0 spiro atoms. The van der Waals surface area contributed by atoms with Gasteiger partial charge in [-0.25, -0.2) is 0 Å². The second-order valence-corrected chi connectivity index (χ2v) is 3.90. The van der Waals surface area contributed by atoms with Gasteiger partial charge in [-0.2, -0.15) is 25.8 Å². The molecule has 4 N–H and O–H groups in total. The molecule has 96 valence electrons. The Kier molecular flexibility index (Phi) is 4.29. The molecule has 0 aliphatic carbocycles. The summed E-state index contributed by atoms with van der Waals surface area (Å²) in [7, 11) is 0. The molecule has 0 saturated carbocycles. The Bertz CT molecular complexity index is 398. The quantitative estimate of drug-likeness (QED) is 0.497. The number of aliphatic hydroxyl groups excluding tert-OH is 2. The minimum atomic E-state index is -4.61. The summed E-state index contributed by atoms with van der Waals surface area (Å²) in [6.45, 7) is 0. The van der Waals surface area contributed by atoms with Crippen molar-refractivity contribution >= 4 is 18.3 Å². The van der Waals surface area contributed by atoms with Crippen molar-refractivity contribution in [3.8, 4) is 0 Å². The van der Waals surface area contributed by atoms with Gasteiger partial charge in [0.05, 0.1) is 11.7 Å². The number of rotatable bonds is 3. The minimum Gasteiger partial charge on any atom is -0.399 e. The van der Waals surface area contributed by atoms with Crippen LogP contribution in [0.4, 0.5) is 18.9 Å². The monoisotopic (exact) mass is 267 g/mol. The number of hydrogen-bond acceptors (Lipinski definition) is 4. The summed E-state index contributed by atoms with van der Waals surface area (Å²) in [6.07, 6.45) is -7.67. The van der Waals surface area contributed by atoms with E-state index in [1.165, 1.54) is 0 Å². The molecule has 1 aromatic carbocycles. The smallest absolute Gasteiger partial charge is 0.399 e. The van der Waals surface area contributed by atoms with E-state index in [4.69, 9.17) is 5.73 Å². The van der Waals surface area contributed by atoms with Gasteiger partial charge in [-0.05, 0) is 23.8 Å². The Labute approximate surface area is 101 Å². The highest BCUT2D eigenvalue weighted by Crippen LogP contribution is 2.36. The molecule has 0 bridgehead atoms. The number of nitrogen functional groups attached to an aromatic ring is 1. The van der Waals surface area contributed by atoms with Crippen LogP contribution in [0.15, 0.2) is 18.2 Å². The van der Waals surface area contributed by atoms with Gasteiger partial charge in [0.2, 0.25) is 0 Å². The summed E-state index contributed by atoms with van der Waals surface area (Å²) in [6, 6.07) is 2.87. The zero-order chi connectivity index (χ0) is 13.2. The van der Waals surface area contributed by atoms with Crippen molar-refractivity contribution in [3.63, 3.8) is 0 Å². The molecule has 7 heteroatoms. The van der Waals surface area contributed by atoms with Crippen molar-refractivity contribution in [2.75, 3.05) is 11.5 Å². The Hall–Kier alpha value is -0.920. The number of anilines is 1. The first-order valence-corrected chi connectivity index (χ1v) is 5.34. The van der Waals surface area contributed by atoms with Gasteiger partial charge in [0.15, 0.2) is 0 Å². The van der Waals surface area contributed by atoms with Crippen molar-refractivity contribution < 1.29 is 23.4 Å². The first-order valence-electron chi connectivity index (χ1n) is 4.71. The summed E-state index contributed by atoms with van der Waals surface area (Å²) >= 11 is 3.72. The standard InChI is InChI=1S/C10H12F3NO2S/c11-10(12,13)7-2-1-5(14)3-6(7)9(16)8(15)4-17/h1-3,8-9,15-17H,4,14H2. The average molecular weight is 267 g/mol. The fraction of sp³-hybridized carbons (Fsp3) is 0.400. The van der Waals surface area contributed by atoms with E-state index in [1.54, 1.807) is 0 Å². The van der Waals surface area contributed by atoms with Crippen molar-refractivity contribution in [1.82, 2.24) is 0 Å². The number of benzene rings is 1. The minimum absolute atomic E-state index is 0.0819. The fourth-order valence-electron chi connectivity index (χ4n) is 1.39. The molecule has 2 atom stereocenters. The van der Waals surface area contributed by atoms with Crippen molar-refractivity contribution in [2.24, 2.45) is 0 Å². The highest BCUT2D eigenvalue weighted by Gasteiger charge is 2.36. The highest BCUT2D eigenvalue weighted by atomic mass is 32.1. The van der Waals surface area contributed by atoms with Gasteiger partial charge >= 0.3 is 6.18 Å². The van der Waals surface area contributed by atoms with Crippen LogP contribution in [0, 0.1) is 0 Å². The molecule has 1 aromatic rings. The number of halogens is 3. The van der Waals surface area contributed by atoms with Crippen LogP contribution in [-0.4, -0.2) is 22.1 Å². The molecule has 0 aliphatic rings. The predicted octanol–water partition coefficient (Wildman–Crippen LogP) is 1.61. The summed E-state index contributed by atoms with van der Waals surface area (Å²) < 4.78 is 38.0. The highest BCUT2D eigenvalue weighted by molar-refractivity contribution is 7.80. The Morgan fingerprint density at radius 3 is 2.35 bits per heavy atom. The van der Waals surface area contributed by atoms with Crippen LogP contribution in [0.25, 0.3) is 0 Å². The Balaban J connectivity index is 3.25. The second kappa shape index (κ2) is 5.16. The SMILES string of the molecule is Nc1ccc(C(F)(F)F)c(C(O)C(O)CS)c1. The first-order chi connectivity index (χ1) is 7.77. The molecular formula is C10H12F3NO2S. The molecule has 0 radical (unpaired) electrons. The summed E-state index contributed by atoms with van der Waals surface area (Å²) in [5, 5.41) is 18.9. The van der Waals surface area contributed by atoms with E-state index in [9.17, 15) is 23.4 Å². The fourth-order valence-corrected chi connectivity index (χ4v) is 1.59. The Morgan fingerprint density at radius 2 is 1.88 bits per heavy atom. The lowest BCUT2D eigenvalue weighted by Gasteiger charge is -2.21. The number of nitrogens with two attached hydrogens (primary N) is 1. The molecule has 2 unspecified atom stereocenters. The van der Waals surface area contributed by atoms with Crippen molar-refractivity contribution in [2.45, 2.75) is 18.4 Å². The molecule has 0 fully saturated rings. The van der Waals surface area contributed by atoms with E-state index >= 15 is 0 Å². The first kappa shape index (κ1) is 14.1. The van der Waals surface area contributed by atoms with Gasteiger partial charge < -0.3 is 15.9 Å². The molecular weight excluding hydrogens is 255 g/mol. The molecule has 0 aromatic heterocycles. The number of thiol groups is 1. The lowest BCUT2D eigenvalue weighted by atomic mass is 9.98. The summed E-state index contributed by atoms with van der Waals surface area (Å²) in [5.41, 5.74) is 3.99. The molecule has 17 heavy (non-hydrogen) atoms. The third kappa shape index (κ3) is 3.27. The van der Waals surface area contributed by atoms with Gasteiger partial charge in [-0.15, -0.1) is 0 Å². The maximum atomic E-state index is 12.7. The third-order valence-corrected chi connectivity index (χ3v) is 2.63. The largest absolute Gasteiger partial charge is 0.416 e. The molecule has 3 nitrogen and oxygen atoms in total. The van der Waals surface area contributed by atoms with E-state index in [0.29, 0.717) is 0 Å². The van der Waals surface area contributed by atoms with Gasteiger partial charge in [0.1, 0.15) is 6.10 Å². The van der Waals surface area contributed by atoms with E-state index in [0.717, 1.165) is 18.2 Å². The third-order valence-electron chi connectivity index (χ3n) is 2.25. The van der Waals surface area contributed by atoms with E-state index in [2.05, 4.69) is 12.6 Å². The maximum Gasteiger partial charge on any atom is 0.416 e. The summed E-state index contributed by atoms with van der Waals surface area (Å²) in [5.74, 6) is -0.159. The number of aliphatic hydroxyl groups is 2. The van der Waals surface area contributed by atoms with Crippen LogP contribution in [0.2, 0.25) is 0 Å². The van der Waals surface area contributed by atoms with Crippen LogP contribution in [0.5, 0.6) is 0 Å². The average Bonchev–Trinajstić information content (AvgIpc) is 2.25. The normalized spacial score (nSPS) is 15.6. The van der Waals surface area contributed by atoms with Crippen LogP contribution >= 0.6 is 12.6 Å². The van der Waals surface area contributed by atoms with Crippen LogP contribution in [0.3, 0.4) is 0 Å². The zero-order valence-corrected chi connectivity index (χ0v) is 9.54. The van der Waals surface area contributed by atoms with Gasteiger partial charge in [0.25, 0.3) is 0 Å². The van der Waals surface area contributed by atoms with Gasteiger partial charge in [-0.1, -0.05) is 0 Å². The lowest BCUT2D eigenvalue weighted by Crippen LogP contribution is -2.23. The molecule has 0 saturated heterocycles. The summed E-state index contributed by atoms with van der Waals surface area (Å²) in [4.78, 5) is 0. The van der Waals surface area contributed by atoms with E-state index in [1.807, 2.05) is 0 Å². The van der Waals surface area contributed by atoms with Crippen molar-refractivity contribution in [1.29, 1.82) is 0 Å². The van der Waals surface area contributed by atoms with E-state index in [-0.39, 0.29) is 11.4 Å². The lowest BCUT2D eigenvalue weighted by molar-refractivity contribution is -0.139. The molecule has 1 rings (SSSR count).